The Labute approximate surface area is 304 Å². The van der Waals surface area contributed by atoms with Crippen molar-refractivity contribution < 1.29 is 0 Å². The zero-order valence-electron chi connectivity index (χ0n) is 27.7. The van der Waals surface area contributed by atoms with Gasteiger partial charge in [-0.05, 0) is 82.4 Å². The van der Waals surface area contributed by atoms with E-state index in [2.05, 4.69) is 193 Å². The van der Waals surface area contributed by atoms with E-state index in [-0.39, 0.29) is 0 Å². The fourth-order valence-corrected chi connectivity index (χ4v) is 9.71. The molecule has 0 aliphatic rings. The topological polar surface area (TPSA) is 3.24 Å². The molecule has 0 N–H and O–H groups in total. The molecule has 10 rings (SSSR count). The molecule has 0 saturated carbocycles. The van der Waals surface area contributed by atoms with Gasteiger partial charge in [-0.25, -0.2) is 0 Å². The maximum atomic E-state index is 2.46. The Hall–Kier alpha value is -6.00. The van der Waals surface area contributed by atoms with Crippen molar-refractivity contribution in [1.82, 2.24) is 0 Å². The quantitative estimate of drug-likeness (QED) is 0.168. The van der Waals surface area contributed by atoms with Gasteiger partial charge in [0.1, 0.15) is 0 Å². The van der Waals surface area contributed by atoms with E-state index in [1.165, 1.54) is 73.7 Å². The predicted molar refractivity (Wildman–Crippen MR) is 223 cm³/mol. The second-order valence-electron chi connectivity index (χ2n) is 12.9. The fourth-order valence-electron chi connectivity index (χ4n) is 7.49. The maximum absolute atomic E-state index is 2.46. The molecule has 8 aromatic carbocycles. The molecule has 0 bridgehead atoms. The molecule has 0 aliphatic carbocycles. The molecule has 51 heavy (non-hydrogen) atoms. The molecular weight excluding hydrogens is 655 g/mol. The van der Waals surface area contributed by atoms with Crippen LogP contribution in [0.3, 0.4) is 0 Å². The van der Waals surface area contributed by atoms with Crippen molar-refractivity contribution >= 4 is 80.1 Å². The van der Waals surface area contributed by atoms with Crippen LogP contribution in [0.2, 0.25) is 0 Å². The van der Waals surface area contributed by atoms with E-state index in [9.17, 15) is 0 Å². The molecule has 240 valence electrons. The highest BCUT2D eigenvalue weighted by molar-refractivity contribution is 7.26. The Kier molecular flexibility index (Phi) is 7.26. The van der Waals surface area contributed by atoms with Crippen LogP contribution in [-0.4, -0.2) is 0 Å². The lowest BCUT2D eigenvalue weighted by Crippen LogP contribution is -2.11. The molecule has 0 spiro atoms. The van der Waals surface area contributed by atoms with Gasteiger partial charge in [0.05, 0.1) is 5.69 Å². The first-order valence-electron chi connectivity index (χ1n) is 17.3. The Morgan fingerprint density at radius 2 is 0.804 bits per heavy atom. The Morgan fingerprint density at radius 3 is 1.53 bits per heavy atom. The van der Waals surface area contributed by atoms with Crippen LogP contribution < -0.4 is 4.90 Å². The Morgan fingerprint density at radius 1 is 0.294 bits per heavy atom. The summed E-state index contributed by atoms with van der Waals surface area (Å²) in [5, 5.41) is 5.20. The lowest BCUT2D eigenvalue weighted by atomic mass is 9.91. The van der Waals surface area contributed by atoms with Crippen molar-refractivity contribution in [2.45, 2.75) is 0 Å². The van der Waals surface area contributed by atoms with E-state index in [1.807, 2.05) is 22.7 Å². The summed E-state index contributed by atoms with van der Waals surface area (Å²) < 4.78 is 5.22. The minimum absolute atomic E-state index is 1.14. The largest absolute Gasteiger partial charge is 0.310 e. The minimum atomic E-state index is 1.14. The zero-order valence-corrected chi connectivity index (χ0v) is 29.3. The average molecular weight is 686 g/mol. The number of hydrogen-bond donors (Lipinski definition) is 0. The van der Waals surface area contributed by atoms with Gasteiger partial charge in [-0.3, -0.25) is 0 Å². The molecule has 0 atom stereocenters. The van der Waals surface area contributed by atoms with Gasteiger partial charge in [0.25, 0.3) is 0 Å². The van der Waals surface area contributed by atoms with E-state index >= 15 is 0 Å². The number of fused-ring (bicyclic) bond motifs is 6. The van der Waals surface area contributed by atoms with Crippen LogP contribution in [0.25, 0.3) is 73.7 Å². The molecular formula is C48H31NS2. The van der Waals surface area contributed by atoms with Crippen molar-refractivity contribution in [2.24, 2.45) is 0 Å². The molecule has 0 aliphatic heterocycles. The summed E-state index contributed by atoms with van der Waals surface area (Å²) in [7, 11) is 0. The third-order valence-corrected chi connectivity index (χ3v) is 12.2. The second-order valence-corrected chi connectivity index (χ2v) is 15.1. The molecule has 0 unspecified atom stereocenters. The van der Waals surface area contributed by atoms with Crippen LogP contribution in [0.4, 0.5) is 17.1 Å². The molecule has 3 heteroatoms. The van der Waals surface area contributed by atoms with E-state index in [0.29, 0.717) is 0 Å². The van der Waals surface area contributed by atoms with Crippen LogP contribution in [0.15, 0.2) is 188 Å². The van der Waals surface area contributed by atoms with Gasteiger partial charge in [0.2, 0.25) is 0 Å². The summed E-state index contributed by atoms with van der Waals surface area (Å²) in [6.45, 7) is 0. The number of nitrogens with zero attached hydrogens (tertiary/aromatic N) is 1. The Bertz CT molecular complexity index is 2860. The number of benzene rings is 8. The van der Waals surface area contributed by atoms with Crippen LogP contribution >= 0.6 is 22.7 Å². The summed E-state index contributed by atoms with van der Waals surface area (Å²) in [5.74, 6) is 0. The van der Waals surface area contributed by atoms with Gasteiger partial charge < -0.3 is 4.90 Å². The third kappa shape index (κ3) is 5.21. The number of rotatable bonds is 6. The number of anilines is 3. The minimum Gasteiger partial charge on any atom is -0.310 e. The SMILES string of the molecule is c1ccc(-c2ccccc2-c2ccc(N(c3ccc4c(c3)sc3ccccc34)c3ccc4sc5ccccc5c4c3)c(-c3ccccc3)c2)cc1. The molecule has 2 heterocycles. The molecule has 0 saturated heterocycles. The van der Waals surface area contributed by atoms with Crippen molar-refractivity contribution in [2.75, 3.05) is 4.90 Å². The van der Waals surface area contributed by atoms with Gasteiger partial charge in [0.15, 0.2) is 0 Å². The van der Waals surface area contributed by atoms with E-state index in [4.69, 9.17) is 0 Å². The van der Waals surface area contributed by atoms with Crippen molar-refractivity contribution in [1.29, 1.82) is 0 Å². The second kappa shape index (κ2) is 12.4. The smallest absolute Gasteiger partial charge is 0.0540 e. The first-order chi connectivity index (χ1) is 25.3. The summed E-state index contributed by atoms with van der Waals surface area (Å²) in [6, 6.07) is 68.8. The van der Waals surface area contributed by atoms with E-state index in [0.717, 1.165) is 17.1 Å². The summed E-state index contributed by atoms with van der Waals surface area (Å²) in [5.41, 5.74) is 10.6. The van der Waals surface area contributed by atoms with E-state index < -0.39 is 0 Å². The van der Waals surface area contributed by atoms with Crippen molar-refractivity contribution in [3.8, 4) is 33.4 Å². The van der Waals surface area contributed by atoms with Gasteiger partial charge in [0, 0.05) is 57.3 Å². The van der Waals surface area contributed by atoms with Crippen molar-refractivity contribution in [3.63, 3.8) is 0 Å². The van der Waals surface area contributed by atoms with Gasteiger partial charge in [-0.15, -0.1) is 22.7 Å². The summed E-state index contributed by atoms with van der Waals surface area (Å²) in [6.07, 6.45) is 0. The third-order valence-electron chi connectivity index (χ3n) is 9.88. The number of hydrogen-bond acceptors (Lipinski definition) is 3. The zero-order chi connectivity index (χ0) is 33.7. The highest BCUT2D eigenvalue weighted by Crippen LogP contribution is 2.47. The average Bonchev–Trinajstić information content (AvgIpc) is 3.77. The molecule has 1 nitrogen and oxygen atoms in total. The van der Waals surface area contributed by atoms with Gasteiger partial charge in [-0.2, -0.15) is 0 Å². The Balaban J connectivity index is 1.23. The monoisotopic (exact) mass is 685 g/mol. The fraction of sp³-hybridized carbons (Fsp3) is 0. The summed E-state index contributed by atoms with van der Waals surface area (Å²) in [4.78, 5) is 2.46. The highest BCUT2D eigenvalue weighted by atomic mass is 32.1. The lowest BCUT2D eigenvalue weighted by Gasteiger charge is -2.29. The van der Waals surface area contributed by atoms with Crippen LogP contribution in [0.5, 0.6) is 0 Å². The van der Waals surface area contributed by atoms with Crippen LogP contribution in [0.1, 0.15) is 0 Å². The van der Waals surface area contributed by atoms with Crippen molar-refractivity contribution in [3.05, 3.63) is 188 Å². The molecule has 0 radical (unpaired) electrons. The normalized spacial score (nSPS) is 11.5. The standard InChI is InChI=1S/C48H31NS2/c1-3-13-32(14-4-1)37-17-7-8-18-38(37)34-23-27-44(42(29-34)33-15-5-2-6-16-33)49(35-25-28-47-43(30-35)40-20-10-12-22-46(40)50-47)36-24-26-41-39-19-9-11-21-45(39)51-48(41)31-36/h1-31H. The summed E-state index contributed by atoms with van der Waals surface area (Å²) >= 11 is 3.72. The van der Waals surface area contributed by atoms with Crippen LogP contribution in [-0.2, 0) is 0 Å². The first kappa shape index (κ1) is 29.9. The van der Waals surface area contributed by atoms with Gasteiger partial charge >= 0.3 is 0 Å². The molecule has 0 amide bonds. The number of thiophene rings is 2. The maximum Gasteiger partial charge on any atom is 0.0540 e. The highest BCUT2D eigenvalue weighted by Gasteiger charge is 2.21. The van der Waals surface area contributed by atoms with E-state index in [1.54, 1.807) is 0 Å². The predicted octanol–water partition coefficient (Wildman–Crippen LogP) is 14.9. The first-order valence-corrected chi connectivity index (χ1v) is 18.9. The lowest BCUT2D eigenvalue weighted by molar-refractivity contribution is 1.30. The van der Waals surface area contributed by atoms with Gasteiger partial charge in [-0.1, -0.05) is 133 Å². The van der Waals surface area contributed by atoms with Crippen LogP contribution in [0, 0.1) is 0 Å². The molecule has 2 aromatic heterocycles. The molecule has 0 fully saturated rings. The molecule has 10 aromatic rings.